The molecule has 0 atom stereocenters. The molecule has 0 saturated carbocycles. The second-order valence-electron chi connectivity index (χ2n) is 5.05. The summed E-state index contributed by atoms with van der Waals surface area (Å²) in [6.07, 6.45) is 1.43. The molecular formula is C18H13BrClN3O3. The Morgan fingerprint density at radius 2 is 2.04 bits per heavy atom. The van der Waals surface area contributed by atoms with Gasteiger partial charge in [0.1, 0.15) is 17.4 Å². The lowest BCUT2D eigenvalue weighted by molar-refractivity contribution is -0.120. The highest BCUT2D eigenvalue weighted by Gasteiger charge is 2.12. The summed E-state index contributed by atoms with van der Waals surface area (Å²) >= 11 is 9.30. The largest absolute Gasteiger partial charge is 0.483 e. The van der Waals surface area contributed by atoms with Gasteiger partial charge < -0.3 is 15.8 Å². The summed E-state index contributed by atoms with van der Waals surface area (Å²) < 4.78 is 5.78. The van der Waals surface area contributed by atoms with Crippen molar-refractivity contribution in [3.05, 3.63) is 63.1 Å². The van der Waals surface area contributed by atoms with Crippen molar-refractivity contribution in [1.29, 1.82) is 5.26 Å². The average Bonchev–Trinajstić information content (AvgIpc) is 2.60. The molecule has 0 aliphatic rings. The van der Waals surface area contributed by atoms with Gasteiger partial charge in [-0.2, -0.15) is 5.26 Å². The highest BCUT2D eigenvalue weighted by Crippen LogP contribution is 2.27. The Morgan fingerprint density at radius 1 is 1.31 bits per heavy atom. The van der Waals surface area contributed by atoms with Gasteiger partial charge in [-0.1, -0.05) is 29.8 Å². The Hall–Kier alpha value is -2.82. The molecule has 0 aliphatic heterocycles. The monoisotopic (exact) mass is 433 g/mol. The van der Waals surface area contributed by atoms with E-state index in [2.05, 4.69) is 21.2 Å². The molecule has 8 heteroatoms. The Balaban J connectivity index is 2.19. The molecule has 0 unspecified atom stereocenters. The van der Waals surface area contributed by atoms with Crippen LogP contribution >= 0.6 is 27.5 Å². The number of anilines is 1. The van der Waals surface area contributed by atoms with Crippen LogP contribution in [0.5, 0.6) is 5.75 Å². The summed E-state index contributed by atoms with van der Waals surface area (Å²) in [5.74, 6) is -0.755. The number of para-hydroxylation sites is 1. The van der Waals surface area contributed by atoms with Gasteiger partial charge in [0, 0.05) is 0 Å². The maximum absolute atomic E-state index is 12.3. The Labute approximate surface area is 163 Å². The lowest BCUT2D eigenvalue weighted by Gasteiger charge is -2.08. The molecule has 2 aromatic rings. The second kappa shape index (κ2) is 9.04. The molecule has 0 heterocycles. The zero-order valence-corrected chi connectivity index (χ0v) is 15.7. The van der Waals surface area contributed by atoms with E-state index in [-0.39, 0.29) is 12.2 Å². The predicted molar refractivity (Wildman–Crippen MR) is 103 cm³/mol. The fourth-order valence-corrected chi connectivity index (χ4v) is 2.63. The number of carbonyl (C=O) groups is 2. The van der Waals surface area contributed by atoms with Crippen molar-refractivity contribution >= 4 is 51.1 Å². The van der Waals surface area contributed by atoms with Crippen LogP contribution in [0.3, 0.4) is 0 Å². The average molecular weight is 435 g/mol. The number of hydrogen-bond acceptors (Lipinski definition) is 4. The quantitative estimate of drug-likeness (QED) is 0.536. The highest BCUT2D eigenvalue weighted by molar-refractivity contribution is 9.10. The van der Waals surface area contributed by atoms with Crippen LogP contribution in [0.2, 0.25) is 5.02 Å². The van der Waals surface area contributed by atoms with Gasteiger partial charge in [0.2, 0.25) is 0 Å². The maximum Gasteiger partial charge on any atom is 0.266 e. The number of rotatable bonds is 6. The van der Waals surface area contributed by atoms with Gasteiger partial charge >= 0.3 is 0 Å². The fraction of sp³-hybridized carbons (Fsp3) is 0.0556. The standard InChI is InChI=1S/C18H13BrClN3O3/c19-13-8-11(5-6-16(13)26-10-17(22)24)7-12(9-21)18(25)23-15-4-2-1-3-14(15)20/h1-8H,10H2,(H2,22,24)(H,23,25)/b12-7+. The normalized spacial score (nSPS) is 10.7. The Bertz CT molecular complexity index is 922. The second-order valence-corrected chi connectivity index (χ2v) is 6.31. The number of carbonyl (C=O) groups excluding carboxylic acids is 2. The third-order valence-electron chi connectivity index (χ3n) is 3.12. The molecule has 0 aromatic heterocycles. The van der Waals surface area contributed by atoms with Crippen LogP contribution in [0.4, 0.5) is 5.69 Å². The lowest BCUT2D eigenvalue weighted by Crippen LogP contribution is -2.20. The van der Waals surface area contributed by atoms with E-state index in [0.29, 0.717) is 26.5 Å². The molecule has 0 aliphatic carbocycles. The van der Waals surface area contributed by atoms with Crippen molar-refractivity contribution in [1.82, 2.24) is 0 Å². The number of halogens is 2. The number of hydrogen-bond donors (Lipinski definition) is 2. The van der Waals surface area contributed by atoms with Crippen molar-refractivity contribution in [3.8, 4) is 11.8 Å². The van der Waals surface area contributed by atoms with Crippen molar-refractivity contribution in [2.45, 2.75) is 0 Å². The van der Waals surface area contributed by atoms with Gasteiger partial charge in [0.05, 0.1) is 15.2 Å². The van der Waals surface area contributed by atoms with Crippen LogP contribution in [0.25, 0.3) is 6.08 Å². The molecule has 0 saturated heterocycles. The summed E-state index contributed by atoms with van der Waals surface area (Å²) in [6, 6.07) is 13.5. The lowest BCUT2D eigenvalue weighted by atomic mass is 10.1. The zero-order chi connectivity index (χ0) is 19.1. The van der Waals surface area contributed by atoms with Crippen molar-refractivity contribution in [2.75, 3.05) is 11.9 Å². The van der Waals surface area contributed by atoms with Crippen LogP contribution in [0.1, 0.15) is 5.56 Å². The van der Waals surface area contributed by atoms with E-state index < -0.39 is 11.8 Å². The molecule has 0 fully saturated rings. The zero-order valence-electron chi connectivity index (χ0n) is 13.3. The smallest absolute Gasteiger partial charge is 0.266 e. The first kappa shape index (κ1) is 19.5. The molecule has 2 aromatic carbocycles. The number of nitriles is 1. The summed E-state index contributed by atoms with van der Waals surface area (Å²) in [5.41, 5.74) is 5.94. The number of nitrogens with two attached hydrogens (primary N) is 1. The third kappa shape index (κ3) is 5.34. The minimum Gasteiger partial charge on any atom is -0.483 e. The van der Waals surface area contributed by atoms with Crippen LogP contribution in [-0.2, 0) is 9.59 Å². The van der Waals surface area contributed by atoms with Gasteiger partial charge in [-0.15, -0.1) is 0 Å². The van der Waals surface area contributed by atoms with E-state index in [4.69, 9.17) is 22.1 Å². The molecule has 3 N–H and O–H groups in total. The summed E-state index contributed by atoms with van der Waals surface area (Å²) in [4.78, 5) is 23.0. The molecule has 0 bridgehead atoms. The Kier molecular flexibility index (Phi) is 6.78. The van der Waals surface area contributed by atoms with Crippen LogP contribution in [0.15, 0.2) is 52.5 Å². The maximum atomic E-state index is 12.3. The van der Waals surface area contributed by atoms with Gasteiger partial charge in [-0.05, 0) is 51.8 Å². The fourth-order valence-electron chi connectivity index (χ4n) is 1.94. The number of primary amides is 1. The summed E-state index contributed by atoms with van der Waals surface area (Å²) in [6.45, 7) is -0.253. The first-order chi connectivity index (χ1) is 12.4. The van der Waals surface area contributed by atoms with Gasteiger partial charge in [0.25, 0.3) is 11.8 Å². The highest BCUT2D eigenvalue weighted by atomic mass is 79.9. The van der Waals surface area contributed by atoms with Crippen molar-refractivity contribution < 1.29 is 14.3 Å². The molecule has 2 amide bonds. The van der Waals surface area contributed by atoms with E-state index >= 15 is 0 Å². The van der Waals surface area contributed by atoms with E-state index in [1.165, 1.54) is 6.08 Å². The van der Waals surface area contributed by atoms with Crippen LogP contribution in [0, 0.1) is 11.3 Å². The first-order valence-corrected chi connectivity index (χ1v) is 8.46. The SMILES string of the molecule is N#C/C(=C\c1ccc(OCC(N)=O)c(Br)c1)C(=O)Nc1ccccc1Cl. The van der Waals surface area contributed by atoms with E-state index in [9.17, 15) is 14.9 Å². The molecule has 0 spiro atoms. The van der Waals surface area contributed by atoms with E-state index in [1.807, 2.05) is 6.07 Å². The molecule has 6 nitrogen and oxygen atoms in total. The third-order valence-corrected chi connectivity index (χ3v) is 4.07. The van der Waals surface area contributed by atoms with Gasteiger partial charge in [-0.3, -0.25) is 9.59 Å². The van der Waals surface area contributed by atoms with Crippen LogP contribution in [-0.4, -0.2) is 18.4 Å². The molecule has 2 rings (SSSR count). The summed E-state index contributed by atoms with van der Waals surface area (Å²) in [7, 11) is 0. The topological polar surface area (TPSA) is 105 Å². The van der Waals surface area contributed by atoms with Crippen molar-refractivity contribution in [3.63, 3.8) is 0 Å². The molecule has 0 radical (unpaired) electrons. The Morgan fingerprint density at radius 3 is 2.65 bits per heavy atom. The van der Waals surface area contributed by atoms with Gasteiger partial charge in [0.15, 0.2) is 6.61 Å². The predicted octanol–water partition coefficient (Wildman–Crippen LogP) is 3.51. The van der Waals surface area contributed by atoms with Crippen molar-refractivity contribution in [2.24, 2.45) is 5.73 Å². The minimum atomic E-state index is -0.594. The molecule has 26 heavy (non-hydrogen) atoms. The number of amides is 2. The number of nitrogens with one attached hydrogen (secondary N) is 1. The number of ether oxygens (including phenoxy) is 1. The van der Waals surface area contributed by atoms with Gasteiger partial charge in [-0.25, -0.2) is 0 Å². The van der Waals surface area contributed by atoms with E-state index in [0.717, 1.165) is 0 Å². The molecule has 132 valence electrons. The first-order valence-electron chi connectivity index (χ1n) is 7.29. The van der Waals surface area contributed by atoms with E-state index in [1.54, 1.807) is 42.5 Å². The molecular weight excluding hydrogens is 422 g/mol. The number of benzene rings is 2. The van der Waals surface area contributed by atoms with Crippen LogP contribution < -0.4 is 15.8 Å². The number of nitrogens with zero attached hydrogens (tertiary/aromatic N) is 1. The summed E-state index contributed by atoms with van der Waals surface area (Å²) in [5, 5.41) is 12.2. The minimum absolute atomic E-state index is 0.0948.